The van der Waals surface area contributed by atoms with Crippen LogP contribution in [0.1, 0.15) is 51.9 Å². The number of hydrogen-bond acceptors (Lipinski definition) is 1. The molecular weight excluding hydrogens is 176 g/mol. The monoisotopic (exact) mass is 194 g/mol. The number of rotatable bonds is 3. The molecule has 1 rings (SSSR count). The van der Waals surface area contributed by atoms with Crippen molar-refractivity contribution in [1.29, 1.82) is 0 Å². The summed E-state index contributed by atoms with van der Waals surface area (Å²) in [6.07, 6.45) is 6.44. The van der Waals surface area contributed by atoms with Gasteiger partial charge in [0.05, 0.1) is 5.41 Å². The van der Waals surface area contributed by atoms with Gasteiger partial charge in [0.15, 0.2) is 0 Å². The lowest BCUT2D eigenvalue weighted by Gasteiger charge is -2.32. The fourth-order valence-corrected chi connectivity index (χ4v) is 2.23. The molecule has 0 aliphatic heterocycles. The molecule has 0 saturated heterocycles. The molecule has 2 nitrogen and oxygen atoms in total. The third kappa shape index (κ3) is 2.51. The molecule has 1 saturated carbocycles. The fraction of sp³-hybridized carbons (Fsp3) is 0.750. The molecule has 0 radical (unpaired) electrons. The van der Waals surface area contributed by atoms with Crippen molar-refractivity contribution < 1.29 is 9.90 Å². The van der Waals surface area contributed by atoms with Gasteiger partial charge in [-0.3, -0.25) is 4.79 Å². The minimum absolute atomic E-state index is 0.456. The summed E-state index contributed by atoms with van der Waals surface area (Å²) >= 11 is 0. The van der Waals surface area contributed by atoms with E-state index in [-0.39, 0.29) is 0 Å². The van der Waals surface area contributed by atoms with Gasteiger partial charge in [-0.15, -0.1) is 11.8 Å². The van der Waals surface area contributed by atoms with Crippen LogP contribution < -0.4 is 0 Å². The second-order valence-corrected chi connectivity index (χ2v) is 4.07. The first-order chi connectivity index (χ1) is 6.71. The molecule has 0 spiro atoms. The van der Waals surface area contributed by atoms with Gasteiger partial charge in [-0.1, -0.05) is 19.3 Å². The summed E-state index contributed by atoms with van der Waals surface area (Å²) in [5.41, 5.74) is -0.456. The normalized spacial score (nSPS) is 19.5. The van der Waals surface area contributed by atoms with Crippen molar-refractivity contribution in [2.75, 3.05) is 0 Å². The van der Waals surface area contributed by atoms with Crippen molar-refractivity contribution in [3.8, 4) is 11.8 Å². The molecule has 0 amide bonds. The predicted octanol–water partition coefficient (Wildman–Crippen LogP) is 2.83. The molecule has 0 aromatic rings. The zero-order chi connectivity index (χ0) is 10.4. The third-order valence-corrected chi connectivity index (χ3v) is 3.17. The van der Waals surface area contributed by atoms with Gasteiger partial charge in [0.2, 0.25) is 0 Å². The Morgan fingerprint density at radius 2 is 2.00 bits per heavy atom. The van der Waals surface area contributed by atoms with Crippen LogP contribution in [0.25, 0.3) is 0 Å². The largest absolute Gasteiger partial charge is 0.481 e. The maximum Gasteiger partial charge on any atom is 0.309 e. The molecule has 0 aromatic heterocycles. The van der Waals surface area contributed by atoms with Crippen molar-refractivity contribution >= 4 is 5.97 Å². The van der Waals surface area contributed by atoms with Crippen LogP contribution in [0.5, 0.6) is 0 Å². The first kappa shape index (κ1) is 11.1. The first-order valence-corrected chi connectivity index (χ1v) is 5.34. The molecule has 14 heavy (non-hydrogen) atoms. The summed E-state index contributed by atoms with van der Waals surface area (Å²) in [7, 11) is 0. The molecule has 0 atom stereocenters. The highest BCUT2D eigenvalue weighted by Crippen LogP contribution is 2.40. The Hall–Kier alpha value is -0.970. The Labute approximate surface area is 85.7 Å². The van der Waals surface area contributed by atoms with Gasteiger partial charge in [-0.25, -0.2) is 0 Å². The first-order valence-electron chi connectivity index (χ1n) is 5.34. The molecule has 1 aliphatic rings. The molecular formula is C12H18O2. The van der Waals surface area contributed by atoms with E-state index in [1.165, 1.54) is 6.42 Å². The molecule has 0 heterocycles. The van der Waals surface area contributed by atoms with E-state index >= 15 is 0 Å². The van der Waals surface area contributed by atoms with Crippen LogP contribution in [-0.4, -0.2) is 11.1 Å². The molecule has 2 heteroatoms. The van der Waals surface area contributed by atoms with E-state index in [0.29, 0.717) is 0 Å². The van der Waals surface area contributed by atoms with Crippen molar-refractivity contribution in [2.45, 2.75) is 51.9 Å². The lowest BCUT2D eigenvalue weighted by molar-refractivity contribution is -0.151. The summed E-state index contributed by atoms with van der Waals surface area (Å²) < 4.78 is 0. The van der Waals surface area contributed by atoms with Gasteiger partial charge in [-0.2, -0.15) is 0 Å². The minimum atomic E-state index is -0.616. The van der Waals surface area contributed by atoms with E-state index in [4.69, 9.17) is 0 Å². The number of carboxylic acid groups (broad SMARTS) is 1. The molecule has 0 bridgehead atoms. The maximum absolute atomic E-state index is 11.2. The van der Waals surface area contributed by atoms with Crippen LogP contribution in [0.15, 0.2) is 0 Å². The molecule has 0 aromatic carbocycles. The van der Waals surface area contributed by atoms with Crippen LogP contribution in [-0.2, 0) is 4.79 Å². The predicted molar refractivity (Wildman–Crippen MR) is 55.8 cm³/mol. The Morgan fingerprint density at radius 3 is 2.50 bits per heavy atom. The summed E-state index contributed by atoms with van der Waals surface area (Å²) in [5.74, 6) is 5.17. The smallest absolute Gasteiger partial charge is 0.309 e. The lowest BCUT2D eigenvalue weighted by Crippen LogP contribution is -2.33. The summed E-state index contributed by atoms with van der Waals surface area (Å²) in [4.78, 5) is 11.2. The van der Waals surface area contributed by atoms with Gasteiger partial charge < -0.3 is 5.11 Å². The van der Waals surface area contributed by atoms with Crippen molar-refractivity contribution in [3.63, 3.8) is 0 Å². The third-order valence-electron chi connectivity index (χ3n) is 3.17. The van der Waals surface area contributed by atoms with Crippen LogP contribution >= 0.6 is 0 Å². The summed E-state index contributed by atoms with van der Waals surface area (Å²) in [6, 6.07) is 0. The molecule has 1 N–H and O–H groups in total. The second-order valence-electron chi connectivity index (χ2n) is 4.07. The highest BCUT2D eigenvalue weighted by atomic mass is 16.4. The van der Waals surface area contributed by atoms with Crippen LogP contribution in [0.2, 0.25) is 0 Å². The highest BCUT2D eigenvalue weighted by molar-refractivity contribution is 5.74. The average molecular weight is 194 g/mol. The van der Waals surface area contributed by atoms with E-state index < -0.39 is 11.4 Å². The second kappa shape index (κ2) is 5.05. The standard InChI is InChI=1S/C12H18O2/c1-2-3-5-8-12(11(13)14)9-6-4-7-10-12/h4-10H2,1H3,(H,13,14). The fourth-order valence-electron chi connectivity index (χ4n) is 2.23. The van der Waals surface area contributed by atoms with Crippen LogP contribution in [0.4, 0.5) is 0 Å². The van der Waals surface area contributed by atoms with Gasteiger partial charge in [0, 0.05) is 6.42 Å². The Balaban J connectivity index is 2.59. The molecule has 1 fully saturated rings. The Kier molecular flexibility index (Phi) is 4.00. The number of carboxylic acids is 1. The zero-order valence-electron chi connectivity index (χ0n) is 8.81. The summed E-state index contributed by atoms with van der Waals surface area (Å²) in [6.45, 7) is 1.80. The van der Waals surface area contributed by atoms with E-state index in [0.717, 1.165) is 38.5 Å². The van der Waals surface area contributed by atoms with Crippen LogP contribution in [0, 0.1) is 17.3 Å². The van der Waals surface area contributed by atoms with Crippen LogP contribution in [0.3, 0.4) is 0 Å². The number of carbonyl (C=O) groups is 1. The zero-order valence-corrected chi connectivity index (χ0v) is 8.81. The van der Waals surface area contributed by atoms with Crippen molar-refractivity contribution in [1.82, 2.24) is 0 Å². The highest BCUT2D eigenvalue weighted by Gasteiger charge is 2.38. The minimum Gasteiger partial charge on any atom is -0.481 e. The SMILES string of the molecule is CC#CCCC1(C(=O)O)CCCCC1. The maximum atomic E-state index is 11.2. The van der Waals surface area contributed by atoms with E-state index in [1.54, 1.807) is 6.92 Å². The van der Waals surface area contributed by atoms with E-state index in [1.807, 2.05) is 0 Å². The van der Waals surface area contributed by atoms with Crippen molar-refractivity contribution in [2.24, 2.45) is 5.41 Å². The average Bonchev–Trinajstić information content (AvgIpc) is 2.19. The number of aliphatic carboxylic acids is 1. The van der Waals surface area contributed by atoms with Gasteiger partial charge in [0.1, 0.15) is 0 Å². The molecule has 1 aliphatic carbocycles. The molecule has 0 unspecified atom stereocenters. The van der Waals surface area contributed by atoms with Gasteiger partial charge in [-0.05, 0) is 26.2 Å². The van der Waals surface area contributed by atoms with Gasteiger partial charge in [0.25, 0.3) is 0 Å². The Bertz CT molecular complexity index is 251. The Morgan fingerprint density at radius 1 is 1.36 bits per heavy atom. The lowest BCUT2D eigenvalue weighted by atomic mass is 9.71. The molecule has 78 valence electrons. The van der Waals surface area contributed by atoms with E-state index in [9.17, 15) is 9.90 Å². The number of hydrogen-bond donors (Lipinski definition) is 1. The van der Waals surface area contributed by atoms with Gasteiger partial charge >= 0.3 is 5.97 Å². The van der Waals surface area contributed by atoms with Crippen molar-refractivity contribution in [3.05, 3.63) is 0 Å². The van der Waals surface area contributed by atoms with E-state index in [2.05, 4.69) is 11.8 Å². The quantitative estimate of drug-likeness (QED) is 0.701. The topological polar surface area (TPSA) is 37.3 Å². The summed E-state index contributed by atoms with van der Waals surface area (Å²) in [5, 5.41) is 9.24.